The average molecular weight is 435 g/mol. The summed E-state index contributed by atoms with van der Waals surface area (Å²) in [5, 5.41) is 16.4. The van der Waals surface area contributed by atoms with Crippen LogP contribution in [0.2, 0.25) is 0 Å². The van der Waals surface area contributed by atoms with Crippen LogP contribution < -0.4 is 20.1 Å². The van der Waals surface area contributed by atoms with Crippen LogP contribution >= 0.6 is 0 Å². The second-order valence-corrected chi connectivity index (χ2v) is 7.47. The second-order valence-electron chi connectivity index (χ2n) is 7.47. The Hall–Kier alpha value is -3.35. The first-order chi connectivity index (χ1) is 15.5. The number of aliphatic hydroxyl groups excluding tert-OH is 1. The zero-order chi connectivity index (χ0) is 22.8. The van der Waals surface area contributed by atoms with E-state index in [1.165, 1.54) is 0 Å². The van der Waals surface area contributed by atoms with E-state index in [9.17, 15) is 9.90 Å². The van der Waals surface area contributed by atoms with E-state index in [1.807, 2.05) is 80.6 Å². The van der Waals surface area contributed by atoms with Gasteiger partial charge in [0.15, 0.2) is 18.1 Å². The van der Waals surface area contributed by atoms with Crippen LogP contribution in [-0.2, 0) is 11.3 Å². The Morgan fingerprint density at radius 3 is 2.44 bits per heavy atom. The zero-order valence-electron chi connectivity index (χ0n) is 18.5. The monoisotopic (exact) mass is 434 g/mol. The van der Waals surface area contributed by atoms with Crippen molar-refractivity contribution in [2.24, 2.45) is 0 Å². The van der Waals surface area contributed by atoms with Crippen molar-refractivity contribution in [3.63, 3.8) is 0 Å². The fourth-order valence-electron chi connectivity index (χ4n) is 3.17. The van der Waals surface area contributed by atoms with Gasteiger partial charge in [0, 0.05) is 18.8 Å². The van der Waals surface area contributed by atoms with Crippen LogP contribution in [0.25, 0.3) is 0 Å². The Labute approximate surface area is 189 Å². The van der Waals surface area contributed by atoms with E-state index >= 15 is 0 Å². The Kier molecular flexibility index (Phi) is 8.66. The van der Waals surface area contributed by atoms with Crippen molar-refractivity contribution in [1.29, 1.82) is 0 Å². The fraction of sp³-hybridized carbons (Fsp3) is 0.269. The van der Waals surface area contributed by atoms with Crippen LogP contribution in [0.4, 0.5) is 5.69 Å². The Morgan fingerprint density at radius 2 is 1.72 bits per heavy atom. The predicted octanol–water partition coefficient (Wildman–Crippen LogP) is 4.23. The molecular formula is C26H30N2O4. The summed E-state index contributed by atoms with van der Waals surface area (Å²) in [5.41, 5.74) is 3.73. The maximum Gasteiger partial charge on any atom is 0.262 e. The van der Waals surface area contributed by atoms with Crippen LogP contribution in [0, 0.1) is 6.92 Å². The maximum absolute atomic E-state index is 12.2. The zero-order valence-corrected chi connectivity index (χ0v) is 18.5. The molecule has 168 valence electrons. The molecule has 0 aliphatic carbocycles. The molecule has 0 heterocycles. The van der Waals surface area contributed by atoms with E-state index in [-0.39, 0.29) is 12.5 Å². The highest BCUT2D eigenvalue weighted by molar-refractivity contribution is 5.91. The third-order valence-electron chi connectivity index (χ3n) is 4.85. The number of amides is 1. The minimum Gasteiger partial charge on any atom is -0.490 e. The van der Waals surface area contributed by atoms with Crippen molar-refractivity contribution in [3.05, 3.63) is 89.5 Å². The van der Waals surface area contributed by atoms with E-state index < -0.39 is 6.10 Å². The van der Waals surface area contributed by atoms with Gasteiger partial charge in [0.2, 0.25) is 0 Å². The topological polar surface area (TPSA) is 79.8 Å². The average Bonchev–Trinajstić information content (AvgIpc) is 2.81. The van der Waals surface area contributed by atoms with Crippen LogP contribution in [0.3, 0.4) is 0 Å². The third kappa shape index (κ3) is 7.11. The minimum absolute atomic E-state index is 0.116. The second kappa shape index (κ2) is 11.9. The van der Waals surface area contributed by atoms with Crippen molar-refractivity contribution in [2.45, 2.75) is 26.5 Å². The van der Waals surface area contributed by atoms with Gasteiger partial charge in [-0.1, -0.05) is 54.1 Å². The Morgan fingerprint density at radius 1 is 0.969 bits per heavy atom. The number of carbonyl (C=O) groups excluding carboxylic acids is 1. The summed E-state index contributed by atoms with van der Waals surface area (Å²) >= 11 is 0. The third-order valence-corrected chi connectivity index (χ3v) is 4.85. The van der Waals surface area contributed by atoms with Crippen molar-refractivity contribution < 1.29 is 19.4 Å². The molecule has 0 aliphatic heterocycles. The van der Waals surface area contributed by atoms with E-state index in [2.05, 4.69) is 10.6 Å². The van der Waals surface area contributed by atoms with Gasteiger partial charge in [0.1, 0.15) is 0 Å². The molecule has 0 radical (unpaired) electrons. The quantitative estimate of drug-likeness (QED) is 0.421. The van der Waals surface area contributed by atoms with Gasteiger partial charge in [-0.05, 0) is 49.2 Å². The van der Waals surface area contributed by atoms with Crippen LogP contribution in [0.15, 0.2) is 72.8 Å². The molecule has 0 saturated carbocycles. The number of aryl methyl sites for hydroxylation is 1. The van der Waals surface area contributed by atoms with Gasteiger partial charge in [0.05, 0.1) is 12.7 Å². The summed E-state index contributed by atoms with van der Waals surface area (Å²) in [7, 11) is 0. The molecule has 1 amide bonds. The number of rotatable bonds is 11. The molecule has 1 atom stereocenters. The highest BCUT2D eigenvalue weighted by Gasteiger charge is 2.11. The summed E-state index contributed by atoms with van der Waals surface area (Å²) in [6.45, 7) is 5.26. The molecule has 0 unspecified atom stereocenters. The molecule has 6 nitrogen and oxygen atoms in total. The highest BCUT2D eigenvalue weighted by atomic mass is 16.5. The lowest BCUT2D eigenvalue weighted by molar-refractivity contribution is -0.118. The molecular weight excluding hydrogens is 404 g/mol. The van der Waals surface area contributed by atoms with Crippen molar-refractivity contribution in [3.8, 4) is 11.5 Å². The SMILES string of the molecule is CCOc1cc(CNC[C@@H](O)c2ccccc2)ccc1OCC(=O)Nc1ccc(C)cc1. The van der Waals surface area contributed by atoms with Gasteiger partial charge in [-0.15, -0.1) is 0 Å². The van der Waals surface area contributed by atoms with Gasteiger partial charge in [-0.3, -0.25) is 4.79 Å². The van der Waals surface area contributed by atoms with Gasteiger partial charge in [-0.25, -0.2) is 0 Å². The smallest absolute Gasteiger partial charge is 0.262 e. The van der Waals surface area contributed by atoms with Crippen molar-refractivity contribution in [2.75, 3.05) is 25.1 Å². The van der Waals surface area contributed by atoms with Gasteiger partial charge >= 0.3 is 0 Å². The van der Waals surface area contributed by atoms with Crippen LogP contribution in [0.1, 0.15) is 29.7 Å². The number of hydrogen-bond acceptors (Lipinski definition) is 5. The first-order valence-corrected chi connectivity index (χ1v) is 10.7. The first kappa shape index (κ1) is 23.3. The van der Waals surface area contributed by atoms with Gasteiger partial charge < -0.3 is 25.2 Å². The van der Waals surface area contributed by atoms with Crippen molar-refractivity contribution in [1.82, 2.24) is 5.32 Å². The molecule has 0 bridgehead atoms. The number of benzene rings is 3. The number of hydrogen-bond donors (Lipinski definition) is 3. The highest BCUT2D eigenvalue weighted by Crippen LogP contribution is 2.28. The summed E-state index contributed by atoms with van der Waals surface area (Å²) in [4.78, 5) is 12.2. The van der Waals surface area contributed by atoms with Crippen LogP contribution in [0.5, 0.6) is 11.5 Å². The van der Waals surface area contributed by atoms with E-state index in [1.54, 1.807) is 6.07 Å². The molecule has 3 rings (SSSR count). The van der Waals surface area contributed by atoms with Gasteiger partial charge in [-0.2, -0.15) is 0 Å². The Balaban J connectivity index is 1.53. The molecule has 32 heavy (non-hydrogen) atoms. The molecule has 3 N–H and O–H groups in total. The number of nitrogens with one attached hydrogen (secondary N) is 2. The number of carbonyl (C=O) groups is 1. The predicted molar refractivity (Wildman–Crippen MR) is 126 cm³/mol. The molecule has 3 aromatic rings. The van der Waals surface area contributed by atoms with E-state index in [0.29, 0.717) is 31.2 Å². The van der Waals surface area contributed by atoms with E-state index in [4.69, 9.17) is 9.47 Å². The summed E-state index contributed by atoms with van der Waals surface area (Å²) in [6.07, 6.45) is -0.572. The fourth-order valence-corrected chi connectivity index (χ4v) is 3.17. The van der Waals surface area contributed by atoms with Crippen molar-refractivity contribution >= 4 is 11.6 Å². The number of ether oxygens (including phenoxy) is 2. The number of anilines is 1. The molecule has 6 heteroatoms. The molecule has 0 aliphatic rings. The first-order valence-electron chi connectivity index (χ1n) is 10.7. The van der Waals surface area contributed by atoms with Crippen LogP contribution in [-0.4, -0.2) is 30.8 Å². The summed E-state index contributed by atoms with van der Waals surface area (Å²) in [5.74, 6) is 0.856. The lowest BCUT2D eigenvalue weighted by atomic mass is 10.1. The summed E-state index contributed by atoms with van der Waals surface area (Å²) < 4.78 is 11.4. The molecule has 0 fully saturated rings. The largest absolute Gasteiger partial charge is 0.490 e. The lowest BCUT2D eigenvalue weighted by Gasteiger charge is -2.15. The lowest BCUT2D eigenvalue weighted by Crippen LogP contribution is -2.21. The maximum atomic E-state index is 12.2. The molecule has 0 aromatic heterocycles. The van der Waals surface area contributed by atoms with E-state index in [0.717, 1.165) is 22.4 Å². The van der Waals surface area contributed by atoms with Gasteiger partial charge in [0.25, 0.3) is 5.91 Å². The minimum atomic E-state index is -0.572. The molecule has 0 spiro atoms. The molecule has 0 saturated heterocycles. The normalized spacial score (nSPS) is 11.6. The number of aliphatic hydroxyl groups is 1. The Bertz CT molecular complexity index is 990. The molecule has 3 aromatic carbocycles. The standard InChI is InChI=1S/C26H30N2O4/c1-3-31-25-15-20(16-27-17-23(29)21-7-5-4-6-8-21)11-14-24(25)32-18-26(30)28-22-12-9-19(2)10-13-22/h4-15,23,27,29H,3,16-18H2,1-2H3,(H,28,30)/t23-/m1/s1. The summed E-state index contributed by atoms with van der Waals surface area (Å²) in [6, 6.07) is 22.7.